The second-order valence-electron chi connectivity index (χ2n) is 4.01. The smallest absolute Gasteiger partial charge is 0.370 e. The molecule has 9 heteroatoms. The van der Waals surface area contributed by atoms with E-state index < -0.39 is 22.5 Å². The Hall–Kier alpha value is -2.97. The summed E-state index contributed by atoms with van der Waals surface area (Å²) in [7, 11) is 1.17. The van der Waals surface area contributed by atoms with E-state index in [4.69, 9.17) is 10.6 Å². The highest BCUT2D eigenvalue weighted by Crippen LogP contribution is 2.22. The molecular formula is C12H13N3O6. The van der Waals surface area contributed by atoms with Crippen molar-refractivity contribution in [1.29, 1.82) is 0 Å². The number of carbonyl (C=O) groups is 3. The van der Waals surface area contributed by atoms with Crippen LogP contribution in [0.2, 0.25) is 0 Å². The molecule has 0 radical (unpaired) electrons. The van der Waals surface area contributed by atoms with E-state index in [1.54, 1.807) is 0 Å². The molecule has 0 aliphatic rings. The van der Waals surface area contributed by atoms with E-state index in [0.717, 1.165) is 12.1 Å². The molecule has 21 heavy (non-hydrogen) atoms. The lowest BCUT2D eigenvalue weighted by Crippen LogP contribution is -2.30. The first-order chi connectivity index (χ1) is 9.86. The van der Waals surface area contributed by atoms with Gasteiger partial charge in [0.2, 0.25) is 0 Å². The summed E-state index contributed by atoms with van der Waals surface area (Å²) < 4.78 is 0. The molecule has 0 heterocycles. The summed E-state index contributed by atoms with van der Waals surface area (Å²) in [6.07, 6.45) is 0.405. The second kappa shape index (κ2) is 6.98. The standard InChI is InChI=1S/C12H13N3O6/c1-14(11(17)3-2-6-16)21-12(18)9-7-8(13)4-5-10(9)15(19)20/h4-7H,2-3,13H2,1H3. The Morgan fingerprint density at radius 2 is 2.14 bits per heavy atom. The topological polar surface area (TPSA) is 133 Å². The zero-order valence-corrected chi connectivity index (χ0v) is 11.1. The summed E-state index contributed by atoms with van der Waals surface area (Å²) in [6, 6.07) is 3.43. The van der Waals surface area contributed by atoms with Gasteiger partial charge in [-0.05, 0) is 12.1 Å². The van der Waals surface area contributed by atoms with Gasteiger partial charge in [-0.25, -0.2) is 4.79 Å². The maximum Gasteiger partial charge on any atom is 0.370 e. The number of anilines is 1. The number of nitrogens with two attached hydrogens (primary N) is 1. The number of amides is 1. The Morgan fingerprint density at radius 3 is 2.71 bits per heavy atom. The van der Waals surface area contributed by atoms with Crippen LogP contribution in [0.1, 0.15) is 23.2 Å². The van der Waals surface area contributed by atoms with Gasteiger partial charge in [-0.3, -0.25) is 14.9 Å². The quantitative estimate of drug-likeness (QED) is 0.365. The molecule has 0 atom stereocenters. The van der Waals surface area contributed by atoms with Crippen molar-refractivity contribution in [2.75, 3.05) is 12.8 Å². The largest absolute Gasteiger partial charge is 0.399 e. The number of hydrogen-bond acceptors (Lipinski definition) is 7. The minimum atomic E-state index is -1.09. The third-order valence-electron chi connectivity index (χ3n) is 2.48. The van der Waals surface area contributed by atoms with Gasteiger partial charge in [0.15, 0.2) is 0 Å². The number of hydrogen-bond donors (Lipinski definition) is 1. The van der Waals surface area contributed by atoms with Gasteiger partial charge in [-0.2, -0.15) is 5.06 Å². The average Bonchev–Trinajstić information content (AvgIpc) is 2.43. The summed E-state index contributed by atoms with van der Waals surface area (Å²) in [5.74, 6) is -1.70. The number of benzene rings is 1. The fraction of sp³-hybridized carbons (Fsp3) is 0.250. The van der Waals surface area contributed by atoms with Crippen molar-refractivity contribution in [2.45, 2.75) is 12.8 Å². The molecule has 0 aliphatic heterocycles. The van der Waals surface area contributed by atoms with Crippen LogP contribution >= 0.6 is 0 Å². The van der Waals surface area contributed by atoms with Crippen molar-refractivity contribution in [3.63, 3.8) is 0 Å². The fourth-order valence-corrected chi connectivity index (χ4v) is 1.44. The van der Waals surface area contributed by atoms with E-state index in [1.807, 2.05) is 0 Å². The molecule has 1 amide bonds. The highest BCUT2D eigenvalue weighted by molar-refractivity contribution is 5.95. The molecule has 0 saturated heterocycles. The van der Waals surface area contributed by atoms with Crippen molar-refractivity contribution in [2.24, 2.45) is 0 Å². The van der Waals surface area contributed by atoms with Crippen molar-refractivity contribution >= 4 is 29.5 Å². The van der Waals surface area contributed by atoms with Crippen LogP contribution in [-0.4, -0.2) is 35.2 Å². The molecule has 112 valence electrons. The van der Waals surface area contributed by atoms with Crippen molar-refractivity contribution in [3.05, 3.63) is 33.9 Å². The first-order valence-electron chi connectivity index (χ1n) is 5.83. The highest BCUT2D eigenvalue weighted by Gasteiger charge is 2.24. The number of carbonyl (C=O) groups excluding carboxylic acids is 3. The van der Waals surface area contributed by atoms with Gasteiger partial charge in [-0.15, -0.1) is 0 Å². The Morgan fingerprint density at radius 1 is 1.48 bits per heavy atom. The van der Waals surface area contributed by atoms with Crippen LogP contribution in [0.5, 0.6) is 0 Å². The molecule has 0 aliphatic carbocycles. The predicted molar refractivity (Wildman–Crippen MR) is 71.0 cm³/mol. The summed E-state index contributed by atoms with van der Waals surface area (Å²) in [5, 5.41) is 11.5. The Labute approximate surface area is 119 Å². The second-order valence-corrected chi connectivity index (χ2v) is 4.01. The molecular weight excluding hydrogens is 282 g/mol. The van der Waals surface area contributed by atoms with E-state index in [0.29, 0.717) is 11.3 Å². The molecule has 0 spiro atoms. The van der Waals surface area contributed by atoms with Crippen LogP contribution < -0.4 is 5.73 Å². The van der Waals surface area contributed by atoms with Crippen LogP contribution in [0.15, 0.2) is 18.2 Å². The minimum Gasteiger partial charge on any atom is -0.399 e. The normalized spacial score (nSPS) is 9.76. The summed E-state index contributed by atoms with van der Waals surface area (Å²) in [5.41, 5.74) is 4.76. The number of aldehydes is 1. The summed E-state index contributed by atoms with van der Waals surface area (Å²) >= 11 is 0. The Balaban J connectivity index is 2.89. The van der Waals surface area contributed by atoms with Gasteiger partial charge in [0, 0.05) is 31.6 Å². The molecule has 0 aromatic heterocycles. The van der Waals surface area contributed by atoms with Crippen molar-refractivity contribution in [3.8, 4) is 0 Å². The molecule has 2 N–H and O–H groups in total. The van der Waals surface area contributed by atoms with Crippen LogP contribution in [0.4, 0.5) is 11.4 Å². The molecule has 1 aromatic carbocycles. The van der Waals surface area contributed by atoms with E-state index >= 15 is 0 Å². The molecule has 0 fully saturated rings. The lowest BCUT2D eigenvalue weighted by atomic mass is 10.1. The fourth-order valence-electron chi connectivity index (χ4n) is 1.44. The first-order valence-corrected chi connectivity index (χ1v) is 5.83. The number of rotatable bonds is 5. The van der Waals surface area contributed by atoms with Crippen LogP contribution in [0.3, 0.4) is 0 Å². The SMILES string of the molecule is CN(OC(=O)c1cc(N)ccc1[N+](=O)[O-])C(=O)CCC=O. The third kappa shape index (κ3) is 4.27. The van der Waals surface area contributed by atoms with Crippen LogP contribution in [0.25, 0.3) is 0 Å². The number of hydroxylamine groups is 2. The number of nitro benzene ring substituents is 1. The van der Waals surface area contributed by atoms with Gasteiger partial charge in [0.1, 0.15) is 11.8 Å². The number of nitrogen functional groups attached to an aromatic ring is 1. The lowest BCUT2D eigenvalue weighted by Gasteiger charge is -2.15. The Kier molecular flexibility index (Phi) is 5.35. The maximum atomic E-state index is 11.9. The Bertz CT molecular complexity index is 586. The van der Waals surface area contributed by atoms with E-state index in [1.165, 1.54) is 13.1 Å². The summed E-state index contributed by atoms with van der Waals surface area (Å²) in [6.45, 7) is 0. The first kappa shape index (κ1) is 16.1. The van der Waals surface area contributed by atoms with Crippen LogP contribution in [0, 0.1) is 10.1 Å². The number of nitrogens with zero attached hydrogens (tertiary/aromatic N) is 2. The van der Waals surface area contributed by atoms with Gasteiger partial charge >= 0.3 is 5.97 Å². The van der Waals surface area contributed by atoms with Gasteiger partial charge in [-0.1, -0.05) is 0 Å². The molecule has 0 bridgehead atoms. The maximum absolute atomic E-state index is 11.9. The van der Waals surface area contributed by atoms with Gasteiger partial charge < -0.3 is 15.4 Å². The third-order valence-corrected chi connectivity index (χ3v) is 2.48. The predicted octanol–water partition coefficient (Wildman–Crippen LogP) is 0.686. The van der Waals surface area contributed by atoms with Gasteiger partial charge in [0.25, 0.3) is 11.6 Å². The lowest BCUT2D eigenvalue weighted by molar-refractivity contribution is -0.385. The van der Waals surface area contributed by atoms with Gasteiger partial charge in [0.05, 0.1) is 4.92 Å². The highest BCUT2D eigenvalue weighted by atomic mass is 16.7. The van der Waals surface area contributed by atoms with E-state index in [9.17, 15) is 24.5 Å². The van der Waals surface area contributed by atoms with E-state index in [-0.39, 0.29) is 24.1 Å². The minimum absolute atomic E-state index is 0.0147. The molecule has 0 saturated carbocycles. The molecule has 9 nitrogen and oxygen atoms in total. The summed E-state index contributed by atoms with van der Waals surface area (Å²) in [4.78, 5) is 48.3. The van der Waals surface area contributed by atoms with Crippen molar-refractivity contribution < 1.29 is 24.1 Å². The molecule has 1 rings (SSSR count). The van der Waals surface area contributed by atoms with Crippen LogP contribution in [-0.2, 0) is 14.4 Å². The van der Waals surface area contributed by atoms with E-state index in [2.05, 4.69) is 0 Å². The molecule has 0 unspecified atom stereocenters. The zero-order chi connectivity index (χ0) is 16.0. The van der Waals surface area contributed by atoms with Crippen molar-refractivity contribution in [1.82, 2.24) is 5.06 Å². The number of nitro groups is 1. The monoisotopic (exact) mass is 295 g/mol. The average molecular weight is 295 g/mol. The molecule has 1 aromatic rings. The zero-order valence-electron chi connectivity index (χ0n) is 11.1.